The van der Waals surface area contributed by atoms with Crippen molar-refractivity contribution < 1.29 is 0 Å². The summed E-state index contributed by atoms with van der Waals surface area (Å²) in [5.74, 6) is 1.64. The van der Waals surface area contributed by atoms with Gasteiger partial charge in [0, 0.05) is 120 Å². The van der Waals surface area contributed by atoms with Crippen LogP contribution in [0.15, 0.2) is 523 Å². The quantitative estimate of drug-likeness (QED) is 0.0967. The molecule has 0 saturated heterocycles. The predicted octanol–water partition coefficient (Wildman–Crippen LogP) is 32.6. The molecule has 16 nitrogen and oxygen atoms in total. The van der Waals surface area contributed by atoms with Gasteiger partial charge in [-0.15, -0.1) is 0 Å². The first-order valence-corrected chi connectivity index (χ1v) is 50.2. The molecule has 0 aliphatic carbocycles. The summed E-state index contributed by atoms with van der Waals surface area (Å²) in [5.41, 5.74) is 38.3. The van der Waals surface area contributed by atoms with E-state index in [-0.39, 0.29) is 0 Å². The van der Waals surface area contributed by atoms with Gasteiger partial charge in [0.2, 0.25) is 0 Å². The maximum atomic E-state index is 5.28. The minimum Gasteiger partial charge on any atom is -0.309 e. The minimum atomic E-state index is 0.779. The second-order valence-corrected chi connectivity index (χ2v) is 37.5. The molecule has 16 aromatic heterocycles. The fourth-order valence-corrected chi connectivity index (χ4v) is 21.9. The van der Waals surface area contributed by atoms with Gasteiger partial charge in [-0.2, -0.15) is 0 Å². The lowest BCUT2D eigenvalue weighted by atomic mass is 10.0. The number of pyridine rings is 10. The molecule has 0 bridgehead atoms. The summed E-state index contributed by atoms with van der Waals surface area (Å²) in [6, 6.07) is 168. The summed E-state index contributed by atoms with van der Waals surface area (Å²) in [6.45, 7) is 0. The number of rotatable bonds is 15. The molecule has 0 amide bonds. The fraction of sp³-hybridized carbons (Fsp3) is 0. The van der Waals surface area contributed by atoms with Crippen molar-refractivity contribution in [2.24, 2.45) is 0 Å². The van der Waals surface area contributed by atoms with Crippen LogP contribution in [0.4, 0.5) is 0 Å². The number of hydrogen-bond donors (Lipinski definition) is 0. The first kappa shape index (κ1) is 87.2. The molecular formula is C134H86N16. The summed E-state index contributed by atoms with van der Waals surface area (Å²) in [5, 5.41) is 10.7. The lowest BCUT2D eigenvalue weighted by Crippen LogP contribution is -2.01. The van der Waals surface area contributed by atoms with E-state index in [2.05, 4.69) is 430 Å². The number of hydrogen-bond acceptors (Lipinski definition) is 10. The zero-order valence-electron chi connectivity index (χ0n) is 80.8. The van der Waals surface area contributed by atoms with E-state index in [9.17, 15) is 0 Å². The second-order valence-electron chi connectivity index (χ2n) is 37.5. The van der Waals surface area contributed by atoms with Gasteiger partial charge in [-0.1, -0.05) is 249 Å². The third-order valence-corrected chi connectivity index (χ3v) is 28.7. The van der Waals surface area contributed by atoms with Crippen molar-refractivity contribution >= 4 is 131 Å². The largest absolute Gasteiger partial charge is 0.309 e. The summed E-state index contributed by atoms with van der Waals surface area (Å²) >= 11 is 0. The van der Waals surface area contributed by atoms with Gasteiger partial charge >= 0.3 is 0 Å². The Morgan fingerprint density at radius 3 is 0.793 bits per heavy atom. The normalized spacial score (nSPS) is 11.6. The molecule has 0 radical (unpaired) electrons. The molecule has 16 heteroatoms. The second kappa shape index (κ2) is 37.0. The Morgan fingerprint density at radius 2 is 0.400 bits per heavy atom. The zero-order valence-corrected chi connectivity index (χ0v) is 80.8. The molecule has 16 heterocycles. The van der Waals surface area contributed by atoms with Gasteiger partial charge < -0.3 is 18.3 Å². The summed E-state index contributed by atoms with van der Waals surface area (Å²) in [6.07, 6.45) is 12.8. The van der Waals surface area contributed by atoms with Gasteiger partial charge in [0.15, 0.2) is 0 Å². The molecular weight excluding hydrogens is 1830 g/mol. The van der Waals surface area contributed by atoms with Gasteiger partial charge in [-0.25, -0.2) is 15.0 Å². The van der Waals surface area contributed by atoms with Crippen LogP contribution in [0.5, 0.6) is 0 Å². The first-order valence-electron chi connectivity index (χ1n) is 50.2. The van der Waals surface area contributed by atoms with Crippen LogP contribution in [0.3, 0.4) is 0 Å². The number of benzene rings is 14. The highest BCUT2D eigenvalue weighted by atomic mass is 15.1. The third-order valence-electron chi connectivity index (χ3n) is 28.7. The van der Waals surface area contributed by atoms with Crippen molar-refractivity contribution in [2.75, 3.05) is 0 Å². The smallest absolute Gasteiger partial charge is 0.139 e. The van der Waals surface area contributed by atoms with E-state index < -0.39 is 0 Å². The molecule has 0 atom stereocenters. The van der Waals surface area contributed by atoms with E-state index in [4.69, 9.17) is 29.9 Å². The van der Waals surface area contributed by atoms with Crippen LogP contribution in [0, 0.1) is 0 Å². The molecule has 30 aromatic rings. The number of para-hydroxylation sites is 6. The van der Waals surface area contributed by atoms with Crippen LogP contribution in [0.25, 0.3) is 267 Å². The lowest BCUT2D eigenvalue weighted by molar-refractivity contribution is 1.07. The molecule has 702 valence electrons. The van der Waals surface area contributed by atoms with Crippen LogP contribution < -0.4 is 0 Å². The third kappa shape index (κ3) is 15.4. The van der Waals surface area contributed by atoms with Crippen LogP contribution in [-0.2, 0) is 0 Å². The summed E-state index contributed by atoms with van der Waals surface area (Å²) in [7, 11) is 0. The maximum Gasteiger partial charge on any atom is 0.139 e. The van der Waals surface area contributed by atoms with Crippen molar-refractivity contribution in [3.8, 4) is 136 Å². The predicted molar refractivity (Wildman–Crippen MR) is 612 cm³/mol. The van der Waals surface area contributed by atoms with Crippen molar-refractivity contribution in [2.45, 2.75) is 0 Å². The highest BCUT2D eigenvalue weighted by Gasteiger charge is 2.26. The number of aromatic nitrogens is 16. The Morgan fingerprint density at radius 1 is 0.120 bits per heavy atom. The van der Waals surface area contributed by atoms with Crippen LogP contribution in [0.1, 0.15) is 0 Å². The van der Waals surface area contributed by atoms with Crippen molar-refractivity contribution in [3.63, 3.8) is 0 Å². The van der Waals surface area contributed by atoms with Crippen LogP contribution in [-0.4, -0.2) is 77.2 Å². The molecule has 0 spiro atoms. The molecule has 0 N–H and O–H groups in total. The van der Waals surface area contributed by atoms with Crippen molar-refractivity contribution in [1.29, 1.82) is 0 Å². The van der Waals surface area contributed by atoms with Crippen molar-refractivity contribution in [3.05, 3.63) is 523 Å². The van der Waals surface area contributed by atoms with E-state index in [1.54, 1.807) is 18.6 Å². The van der Waals surface area contributed by atoms with Crippen LogP contribution in [0.2, 0.25) is 0 Å². The molecule has 0 unspecified atom stereocenters. The number of fused-ring (bicyclic) bond motifs is 18. The Hall–Kier alpha value is -20.6. The Labute approximate surface area is 860 Å². The van der Waals surface area contributed by atoms with E-state index in [1.165, 1.54) is 65.4 Å². The molecule has 0 fully saturated rings. The zero-order chi connectivity index (χ0) is 99.1. The first-order chi connectivity index (χ1) is 74.4. The van der Waals surface area contributed by atoms with E-state index in [1.807, 2.05) is 122 Å². The summed E-state index contributed by atoms with van der Waals surface area (Å²) in [4.78, 5) is 48.8. The average molecular weight is 1920 g/mol. The molecule has 0 aliphatic heterocycles. The minimum absolute atomic E-state index is 0.779. The van der Waals surface area contributed by atoms with Gasteiger partial charge in [0.25, 0.3) is 0 Å². The molecule has 150 heavy (non-hydrogen) atoms. The summed E-state index contributed by atoms with van der Waals surface area (Å²) < 4.78 is 13.8. The monoisotopic (exact) mass is 1920 g/mol. The maximum absolute atomic E-state index is 5.28. The van der Waals surface area contributed by atoms with Crippen molar-refractivity contribution in [1.82, 2.24) is 77.2 Å². The van der Waals surface area contributed by atoms with Gasteiger partial charge in [0.1, 0.15) is 11.6 Å². The highest BCUT2D eigenvalue weighted by Crippen LogP contribution is 2.46. The topological polar surface area (TPSA) is 158 Å². The Balaban J connectivity index is 0.000000108. The van der Waals surface area contributed by atoms with Gasteiger partial charge in [0.05, 0.1) is 134 Å². The van der Waals surface area contributed by atoms with Gasteiger partial charge in [-0.05, 0) is 275 Å². The number of nitrogens with zero attached hydrogens (tertiary/aromatic N) is 16. The SMILES string of the molecule is c1ccc(-c2cc(-c3ccccc3)nc(-n3c4ccc(-c5ccc6c7ccccc7n(-c7ccccc7)c6c5)cc4c4ncccc43)c2)cc1.c1ccc(-n2c3ccccc3c3ccc(-c4ccc5c(c4)c4ncccc4n5-c4cc(-c5ccccn5)cc(-c5ccccn5)n4)cc32)cc1.c1ccc(-n2c3ccccc3c3ccc(-c4ccc5c(c4)c4ncccc4n5-c4cc(-c5ccccn5)nc(-c5ccccn5)c4)cc32)cc1. The lowest BCUT2D eigenvalue weighted by Gasteiger charge is -2.13. The Kier molecular flexibility index (Phi) is 21.5. The average Bonchev–Trinajstić information content (AvgIpc) is 1.59. The van der Waals surface area contributed by atoms with E-state index in [0.29, 0.717) is 0 Å². The fourth-order valence-electron chi connectivity index (χ4n) is 21.9. The molecule has 0 aliphatic rings. The Bertz CT molecular complexity index is 9330. The molecule has 0 saturated carbocycles. The molecule has 30 rings (SSSR count). The van der Waals surface area contributed by atoms with Crippen LogP contribution >= 0.6 is 0 Å². The standard InChI is InChI=1S/C46H30N4.2C44H28N6/c1-4-13-31(14-5-1)35-28-40(32-15-6-2-7-16-32)48-45(30-35)50-42-25-23-33(27-39(42)46-43(50)21-12-26-47-46)34-22-24-38-37-19-10-11-20-41(37)49(44(38)29-34)36-17-8-3-9-18-36;1-2-11-32(12-3-1)49-39-16-5-4-13-33(39)34-20-18-30(27-42(34)49)29-19-21-40-35(25-29)44-41(17-10-24-47-44)50(40)43-28-31(36-14-6-8-22-45-36)26-38(48-43)37-15-7-9-23-46-37;1-2-11-31(12-3-1)49-40-16-5-4-13-33(40)34-20-18-30(26-43(34)49)29-19-21-41-35(25-29)44-42(17-10-24-47-44)50(41)32-27-38(36-14-6-8-22-45-36)48-39(28-32)37-15-7-9-23-46-37/h1-30H;2*1-28H. The molecule has 14 aromatic carbocycles. The van der Waals surface area contributed by atoms with E-state index in [0.717, 1.165) is 201 Å². The highest BCUT2D eigenvalue weighted by molar-refractivity contribution is 6.16. The van der Waals surface area contributed by atoms with Gasteiger partial charge in [-0.3, -0.25) is 44.0 Å². The van der Waals surface area contributed by atoms with E-state index >= 15 is 0 Å².